The van der Waals surface area contributed by atoms with Crippen LogP contribution in [0.4, 0.5) is 0 Å². The number of hydrogen-bond acceptors (Lipinski definition) is 7. The van der Waals surface area contributed by atoms with E-state index in [1.54, 1.807) is 6.92 Å². The lowest BCUT2D eigenvalue weighted by atomic mass is 9.84. The van der Waals surface area contributed by atoms with E-state index in [9.17, 15) is 19.8 Å². The van der Waals surface area contributed by atoms with Gasteiger partial charge in [0.2, 0.25) is 0 Å². The summed E-state index contributed by atoms with van der Waals surface area (Å²) < 4.78 is 10.1. The maximum absolute atomic E-state index is 11.5. The number of carboxylic acids is 1. The number of carbonyl (C=O) groups excluding carboxylic acids is 1. The van der Waals surface area contributed by atoms with Crippen molar-refractivity contribution in [2.75, 3.05) is 13.7 Å². The molecule has 0 spiro atoms. The zero-order valence-corrected chi connectivity index (χ0v) is 12.3. The fraction of sp³-hybridized carbons (Fsp3) is 0.571. The highest BCUT2D eigenvalue weighted by Gasteiger charge is 2.59. The van der Waals surface area contributed by atoms with Gasteiger partial charge in [-0.3, -0.25) is 0 Å². The van der Waals surface area contributed by atoms with Crippen LogP contribution in [0.15, 0.2) is 23.6 Å². The predicted molar refractivity (Wildman–Crippen MR) is 73.2 cm³/mol. The van der Waals surface area contributed by atoms with Gasteiger partial charge in [0.05, 0.1) is 25.7 Å². The Morgan fingerprint density at radius 1 is 1.50 bits per heavy atom. The standard InChI is InChI=1S/C14H19NO7/c1-3-8(17)11-7(6-10(18)21-2)15-12(14(19)20)9(4-5-16)22-13(11)15/h4,6,8,11-13,16-17H,3,5H2,1-2H3,(H,19,20)/b7-6-,9-4-/t8?,11-,12-,13-/m1/s1. The number of carbonyl (C=O) groups is 2. The molecule has 0 saturated carbocycles. The summed E-state index contributed by atoms with van der Waals surface area (Å²) in [4.78, 5) is 24.4. The van der Waals surface area contributed by atoms with Crippen molar-refractivity contribution in [2.24, 2.45) is 5.92 Å². The molecule has 8 nitrogen and oxygen atoms in total. The van der Waals surface area contributed by atoms with Gasteiger partial charge in [-0.05, 0) is 12.5 Å². The molecular formula is C14H19NO7. The predicted octanol–water partition coefficient (Wildman–Crippen LogP) is -0.568. The van der Waals surface area contributed by atoms with E-state index in [0.717, 1.165) is 0 Å². The molecule has 4 atom stereocenters. The summed E-state index contributed by atoms with van der Waals surface area (Å²) in [5.74, 6) is -2.22. The van der Waals surface area contributed by atoms with Gasteiger partial charge in [0.25, 0.3) is 0 Å². The third-order valence-electron chi connectivity index (χ3n) is 3.85. The molecule has 2 rings (SSSR count). The van der Waals surface area contributed by atoms with Gasteiger partial charge in [0.1, 0.15) is 5.76 Å². The number of aliphatic hydroxyl groups excluding tert-OH is 2. The summed E-state index contributed by atoms with van der Waals surface area (Å²) >= 11 is 0. The van der Waals surface area contributed by atoms with E-state index in [4.69, 9.17) is 9.84 Å². The first kappa shape index (κ1) is 16.3. The average molecular weight is 313 g/mol. The summed E-state index contributed by atoms with van der Waals surface area (Å²) in [6.07, 6.45) is 1.40. The second-order valence-corrected chi connectivity index (χ2v) is 5.04. The van der Waals surface area contributed by atoms with Crippen LogP contribution in [0, 0.1) is 5.92 Å². The normalized spacial score (nSPS) is 31.5. The number of esters is 1. The van der Waals surface area contributed by atoms with E-state index in [1.807, 2.05) is 0 Å². The minimum absolute atomic E-state index is 0.0987. The monoisotopic (exact) mass is 313 g/mol. The molecule has 0 aromatic rings. The Morgan fingerprint density at radius 2 is 2.18 bits per heavy atom. The lowest BCUT2D eigenvalue weighted by Gasteiger charge is -2.48. The van der Waals surface area contributed by atoms with Crippen molar-refractivity contribution in [3.05, 3.63) is 23.6 Å². The van der Waals surface area contributed by atoms with Crippen LogP contribution in [0.5, 0.6) is 0 Å². The molecule has 0 aromatic carbocycles. The number of methoxy groups -OCH3 is 1. The average Bonchev–Trinajstić information content (AvgIpc) is 2.79. The number of hydrogen-bond donors (Lipinski definition) is 3. The molecule has 8 heteroatoms. The van der Waals surface area contributed by atoms with Gasteiger partial charge >= 0.3 is 11.9 Å². The summed E-state index contributed by atoms with van der Waals surface area (Å²) in [5, 5.41) is 28.5. The minimum atomic E-state index is -1.16. The molecular weight excluding hydrogens is 294 g/mol. The van der Waals surface area contributed by atoms with Gasteiger partial charge in [-0.2, -0.15) is 0 Å². The highest BCUT2D eigenvalue weighted by atomic mass is 16.5. The van der Waals surface area contributed by atoms with Crippen molar-refractivity contribution in [3.8, 4) is 0 Å². The van der Waals surface area contributed by atoms with E-state index in [1.165, 1.54) is 24.2 Å². The topological polar surface area (TPSA) is 117 Å². The van der Waals surface area contributed by atoms with Crippen molar-refractivity contribution < 1.29 is 34.4 Å². The number of rotatable bonds is 5. The molecule has 122 valence electrons. The molecule has 2 saturated heterocycles. The number of nitrogens with zero attached hydrogens (tertiary/aromatic N) is 1. The van der Waals surface area contributed by atoms with Crippen LogP contribution in [0.1, 0.15) is 13.3 Å². The first-order valence-electron chi connectivity index (χ1n) is 6.92. The molecule has 1 unspecified atom stereocenters. The van der Waals surface area contributed by atoms with Crippen molar-refractivity contribution in [3.63, 3.8) is 0 Å². The molecule has 2 heterocycles. The Kier molecular flexibility index (Phi) is 4.72. The van der Waals surface area contributed by atoms with Gasteiger partial charge in [-0.25, -0.2) is 9.59 Å². The van der Waals surface area contributed by atoms with Crippen molar-refractivity contribution in [1.29, 1.82) is 0 Å². The van der Waals surface area contributed by atoms with E-state index < -0.39 is 36.2 Å². The molecule has 2 fully saturated rings. The number of fused-ring (bicyclic) bond motifs is 1. The Morgan fingerprint density at radius 3 is 2.68 bits per heavy atom. The molecule has 2 aliphatic heterocycles. The van der Waals surface area contributed by atoms with Crippen LogP contribution >= 0.6 is 0 Å². The molecule has 0 amide bonds. The number of carboxylic acid groups (broad SMARTS) is 1. The van der Waals surface area contributed by atoms with Crippen LogP contribution in [-0.2, 0) is 19.1 Å². The molecule has 2 aliphatic rings. The second-order valence-electron chi connectivity index (χ2n) is 5.04. The zero-order valence-electron chi connectivity index (χ0n) is 12.3. The third-order valence-corrected chi connectivity index (χ3v) is 3.85. The van der Waals surface area contributed by atoms with Crippen molar-refractivity contribution in [1.82, 2.24) is 4.90 Å². The Labute approximate surface area is 127 Å². The summed E-state index contributed by atoms with van der Waals surface area (Å²) in [5.41, 5.74) is 0.361. The van der Waals surface area contributed by atoms with Crippen LogP contribution in [0.3, 0.4) is 0 Å². The van der Waals surface area contributed by atoms with Crippen molar-refractivity contribution >= 4 is 11.9 Å². The molecule has 22 heavy (non-hydrogen) atoms. The first-order valence-corrected chi connectivity index (χ1v) is 6.92. The van der Waals surface area contributed by atoms with Gasteiger partial charge in [-0.1, -0.05) is 6.92 Å². The molecule has 0 bridgehead atoms. The lowest BCUT2D eigenvalue weighted by Crippen LogP contribution is -2.59. The number of ether oxygens (including phenoxy) is 2. The van der Waals surface area contributed by atoms with Gasteiger partial charge in [0, 0.05) is 11.8 Å². The van der Waals surface area contributed by atoms with Crippen molar-refractivity contribution in [2.45, 2.75) is 31.7 Å². The maximum atomic E-state index is 11.5. The maximum Gasteiger partial charge on any atom is 0.334 e. The van der Waals surface area contributed by atoms with Crippen LogP contribution in [0.2, 0.25) is 0 Å². The molecule has 0 radical (unpaired) electrons. The molecule has 0 aromatic heterocycles. The molecule has 0 aliphatic carbocycles. The highest BCUT2D eigenvalue weighted by molar-refractivity contribution is 5.84. The largest absolute Gasteiger partial charge is 0.479 e. The summed E-state index contributed by atoms with van der Waals surface area (Å²) in [6.45, 7) is 1.41. The first-order chi connectivity index (χ1) is 10.5. The SMILES string of the molecule is CCC(O)[C@H]1/C(=C/C(=O)OC)N2[C@@H]1O/C(=C\CO)[C@@H]2C(=O)O. The highest BCUT2D eigenvalue weighted by Crippen LogP contribution is 2.48. The quantitative estimate of drug-likeness (QED) is 0.456. The van der Waals surface area contributed by atoms with E-state index in [-0.39, 0.29) is 12.4 Å². The smallest absolute Gasteiger partial charge is 0.334 e. The zero-order chi connectivity index (χ0) is 16.4. The lowest BCUT2D eigenvalue weighted by molar-refractivity contribution is -0.147. The van der Waals surface area contributed by atoms with Crippen LogP contribution < -0.4 is 0 Å². The van der Waals surface area contributed by atoms with Crippen LogP contribution in [-0.4, -0.2) is 64.2 Å². The van der Waals surface area contributed by atoms with E-state index in [2.05, 4.69) is 4.74 Å². The summed E-state index contributed by atoms with van der Waals surface area (Å²) in [7, 11) is 1.22. The van der Waals surface area contributed by atoms with Gasteiger partial charge in [-0.15, -0.1) is 0 Å². The fourth-order valence-electron chi connectivity index (χ4n) is 2.80. The Hall–Kier alpha value is -2.06. The van der Waals surface area contributed by atoms with E-state index in [0.29, 0.717) is 12.1 Å². The Bertz CT molecular complexity index is 527. The van der Waals surface area contributed by atoms with Gasteiger partial charge < -0.3 is 29.7 Å². The number of aliphatic hydroxyl groups is 2. The van der Waals surface area contributed by atoms with Gasteiger partial charge in [0.15, 0.2) is 12.3 Å². The van der Waals surface area contributed by atoms with E-state index >= 15 is 0 Å². The Balaban J connectivity index is 2.39. The molecule has 3 N–H and O–H groups in total. The number of aliphatic carboxylic acids is 1. The second kappa shape index (κ2) is 6.37. The summed E-state index contributed by atoms with van der Waals surface area (Å²) in [6, 6.07) is -1.13. The minimum Gasteiger partial charge on any atom is -0.479 e. The van der Waals surface area contributed by atoms with Crippen LogP contribution in [0.25, 0.3) is 0 Å². The fourth-order valence-corrected chi connectivity index (χ4v) is 2.80. The third kappa shape index (κ3) is 2.55.